The van der Waals surface area contributed by atoms with E-state index in [1.807, 2.05) is 48.5 Å². The molecule has 3 aromatic carbocycles. The van der Waals surface area contributed by atoms with Crippen LogP contribution in [-0.2, 0) is 16.0 Å². The van der Waals surface area contributed by atoms with Gasteiger partial charge >= 0.3 is 0 Å². The molecule has 1 aliphatic carbocycles. The molecular formula is C29H25BrN2O5. The minimum atomic E-state index is -0.622. The quantitative estimate of drug-likeness (QED) is 0.323. The number of H-pyrrole nitrogens is 1. The standard InChI is InChI=1S/C29H25BrN2O5/c1-35-22-11-15(12-23(36-2)27(22)37-3)18-14-21-24(19-13-16(30)9-10-20(19)31-21)26-25(18)28(33)32(29(26)34)17-7-5-4-6-8-17/h4-13,18,25-26,31H,14H2,1-3H3/t18-,25+,26-/m0/s1. The van der Waals surface area contributed by atoms with Crippen LogP contribution in [0.25, 0.3) is 10.9 Å². The maximum Gasteiger partial charge on any atom is 0.242 e. The summed E-state index contributed by atoms with van der Waals surface area (Å²) in [6.07, 6.45) is 0.559. The monoisotopic (exact) mass is 560 g/mol. The highest BCUT2D eigenvalue weighted by Crippen LogP contribution is 2.54. The number of nitrogens with zero attached hydrogens (tertiary/aromatic N) is 1. The van der Waals surface area contributed by atoms with Crippen LogP contribution in [0.5, 0.6) is 17.2 Å². The molecule has 0 bridgehead atoms. The highest BCUT2D eigenvalue weighted by molar-refractivity contribution is 9.10. The van der Waals surface area contributed by atoms with Crippen LogP contribution in [0.15, 0.2) is 65.1 Å². The first-order valence-electron chi connectivity index (χ1n) is 12.0. The van der Waals surface area contributed by atoms with E-state index in [4.69, 9.17) is 14.2 Å². The van der Waals surface area contributed by atoms with Crippen LogP contribution in [0.1, 0.15) is 28.7 Å². The number of carbonyl (C=O) groups excluding carboxylic acids is 2. The van der Waals surface area contributed by atoms with Gasteiger partial charge in [-0.1, -0.05) is 34.1 Å². The van der Waals surface area contributed by atoms with Crippen molar-refractivity contribution in [2.75, 3.05) is 26.2 Å². The lowest BCUT2D eigenvalue weighted by Crippen LogP contribution is -2.32. The maximum atomic E-state index is 14.1. The number of halogens is 1. The topological polar surface area (TPSA) is 80.9 Å². The number of fused-ring (bicyclic) bond motifs is 5. The normalized spacial score (nSPS) is 20.6. The fourth-order valence-corrected chi connectivity index (χ4v) is 6.34. The minimum absolute atomic E-state index is 0.199. The molecule has 0 unspecified atom stereocenters. The molecule has 4 aromatic rings. The fraction of sp³-hybridized carbons (Fsp3) is 0.241. The summed E-state index contributed by atoms with van der Waals surface area (Å²) in [5, 5.41) is 0.957. The number of anilines is 1. The van der Waals surface area contributed by atoms with Crippen molar-refractivity contribution in [1.29, 1.82) is 0 Å². The molecule has 188 valence electrons. The lowest BCUT2D eigenvalue weighted by Gasteiger charge is -2.32. The zero-order chi connectivity index (χ0) is 25.8. The van der Waals surface area contributed by atoms with Crippen LogP contribution < -0.4 is 19.1 Å². The van der Waals surface area contributed by atoms with E-state index in [1.54, 1.807) is 33.5 Å². The van der Waals surface area contributed by atoms with Crippen molar-refractivity contribution in [2.45, 2.75) is 18.3 Å². The van der Waals surface area contributed by atoms with Crippen molar-refractivity contribution in [3.05, 3.63) is 82.0 Å². The van der Waals surface area contributed by atoms with Crippen LogP contribution in [0, 0.1) is 5.92 Å². The highest BCUT2D eigenvalue weighted by Gasteiger charge is 2.56. The predicted molar refractivity (Wildman–Crippen MR) is 144 cm³/mol. The predicted octanol–water partition coefficient (Wildman–Crippen LogP) is 5.57. The van der Waals surface area contributed by atoms with Crippen LogP contribution >= 0.6 is 15.9 Å². The Kier molecular flexibility index (Phi) is 5.71. The van der Waals surface area contributed by atoms with Crippen LogP contribution in [0.3, 0.4) is 0 Å². The lowest BCUT2D eigenvalue weighted by molar-refractivity contribution is -0.122. The van der Waals surface area contributed by atoms with Crippen LogP contribution in [0.4, 0.5) is 5.69 Å². The summed E-state index contributed by atoms with van der Waals surface area (Å²) < 4.78 is 17.7. The number of hydrogen-bond acceptors (Lipinski definition) is 5. The van der Waals surface area contributed by atoms with Crippen molar-refractivity contribution in [1.82, 2.24) is 4.98 Å². The Hall–Kier alpha value is -3.78. The number of rotatable bonds is 5. The van der Waals surface area contributed by atoms with Crippen molar-refractivity contribution >= 4 is 44.3 Å². The minimum Gasteiger partial charge on any atom is -0.493 e. The third-order valence-corrected chi connectivity index (χ3v) is 8.02. The SMILES string of the molecule is COc1cc([C@@H]2Cc3[nH]c4ccc(Br)cc4c3[C@@H]3C(=O)N(c4ccccc4)C(=O)[C@H]23)cc(OC)c1OC. The van der Waals surface area contributed by atoms with Gasteiger partial charge in [-0.05, 0) is 60.0 Å². The largest absolute Gasteiger partial charge is 0.493 e. The van der Waals surface area contributed by atoms with Gasteiger partial charge in [-0.25, -0.2) is 4.90 Å². The van der Waals surface area contributed by atoms with Crippen molar-refractivity contribution in [2.24, 2.45) is 5.92 Å². The number of para-hydroxylation sites is 1. The molecule has 1 aromatic heterocycles. The highest BCUT2D eigenvalue weighted by atomic mass is 79.9. The summed E-state index contributed by atoms with van der Waals surface area (Å²) in [7, 11) is 4.70. The molecule has 0 saturated carbocycles. The molecule has 1 fully saturated rings. The maximum absolute atomic E-state index is 14.1. The van der Waals surface area contributed by atoms with Gasteiger partial charge in [0.05, 0.1) is 38.9 Å². The van der Waals surface area contributed by atoms with Gasteiger partial charge in [0, 0.05) is 27.0 Å². The molecule has 0 radical (unpaired) electrons. The number of imide groups is 1. The van der Waals surface area contributed by atoms with E-state index in [1.165, 1.54) is 4.90 Å². The number of amides is 2. The fourth-order valence-electron chi connectivity index (χ4n) is 5.98. The van der Waals surface area contributed by atoms with E-state index in [9.17, 15) is 9.59 Å². The Labute approximate surface area is 222 Å². The molecule has 7 nitrogen and oxygen atoms in total. The number of carbonyl (C=O) groups is 2. The third kappa shape index (κ3) is 3.54. The Balaban J connectivity index is 1.58. The Morgan fingerprint density at radius 3 is 2.24 bits per heavy atom. The van der Waals surface area contributed by atoms with Crippen molar-refractivity contribution in [3.8, 4) is 17.2 Å². The first-order chi connectivity index (χ1) is 18.0. The van der Waals surface area contributed by atoms with E-state index < -0.39 is 11.8 Å². The van der Waals surface area contributed by atoms with Gasteiger partial charge < -0.3 is 19.2 Å². The van der Waals surface area contributed by atoms with E-state index >= 15 is 0 Å². The molecule has 6 rings (SSSR count). The molecule has 0 spiro atoms. The summed E-state index contributed by atoms with van der Waals surface area (Å²) >= 11 is 3.57. The second-order valence-electron chi connectivity index (χ2n) is 9.33. The lowest BCUT2D eigenvalue weighted by atomic mass is 9.69. The number of benzene rings is 3. The smallest absolute Gasteiger partial charge is 0.242 e. The summed E-state index contributed by atoms with van der Waals surface area (Å²) in [5.74, 6) is -0.391. The van der Waals surface area contributed by atoms with Gasteiger partial charge in [0.1, 0.15) is 0 Å². The van der Waals surface area contributed by atoms with Gasteiger partial charge in [-0.15, -0.1) is 0 Å². The van der Waals surface area contributed by atoms with Crippen molar-refractivity contribution < 1.29 is 23.8 Å². The van der Waals surface area contributed by atoms with Crippen LogP contribution in [-0.4, -0.2) is 38.1 Å². The summed E-state index contributed by atoms with van der Waals surface area (Å²) in [4.78, 5) is 33.1. The van der Waals surface area contributed by atoms with Gasteiger partial charge in [0.2, 0.25) is 17.6 Å². The molecule has 3 atom stereocenters. The average molecular weight is 561 g/mol. The Morgan fingerprint density at radius 1 is 0.892 bits per heavy atom. The molecule has 8 heteroatoms. The third-order valence-electron chi connectivity index (χ3n) is 7.53. The summed E-state index contributed by atoms with van der Waals surface area (Å²) in [6.45, 7) is 0. The number of methoxy groups -OCH3 is 3. The first kappa shape index (κ1) is 23.6. The van der Waals surface area contributed by atoms with E-state index in [-0.39, 0.29) is 17.7 Å². The number of hydrogen-bond donors (Lipinski definition) is 1. The molecule has 1 saturated heterocycles. The summed E-state index contributed by atoms with van der Waals surface area (Å²) in [6, 6.07) is 18.9. The second-order valence-corrected chi connectivity index (χ2v) is 10.2. The zero-order valence-electron chi connectivity index (χ0n) is 20.6. The van der Waals surface area contributed by atoms with E-state index in [2.05, 4.69) is 20.9 Å². The van der Waals surface area contributed by atoms with E-state index in [0.717, 1.165) is 32.2 Å². The van der Waals surface area contributed by atoms with Gasteiger partial charge in [0.15, 0.2) is 11.5 Å². The molecule has 1 aliphatic heterocycles. The van der Waals surface area contributed by atoms with Gasteiger partial charge in [0.25, 0.3) is 0 Å². The van der Waals surface area contributed by atoms with E-state index in [0.29, 0.717) is 29.4 Å². The van der Waals surface area contributed by atoms with Gasteiger partial charge in [-0.2, -0.15) is 0 Å². The van der Waals surface area contributed by atoms with Gasteiger partial charge in [-0.3, -0.25) is 9.59 Å². The first-order valence-corrected chi connectivity index (χ1v) is 12.8. The molecule has 2 aliphatic rings. The summed E-state index contributed by atoms with van der Waals surface area (Å²) in [5.41, 5.74) is 4.24. The number of aromatic amines is 1. The molecule has 1 N–H and O–H groups in total. The molecule has 2 amide bonds. The molecule has 2 heterocycles. The number of ether oxygens (including phenoxy) is 3. The molecule has 37 heavy (non-hydrogen) atoms. The Bertz CT molecular complexity index is 1520. The second kappa shape index (κ2) is 8.95. The zero-order valence-corrected chi connectivity index (χ0v) is 22.2. The number of nitrogens with one attached hydrogen (secondary N) is 1. The average Bonchev–Trinajstić information content (AvgIpc) is 3.41. The van der Waals surface area contributed by atoms with Crippen LogP contribution in [0.2, 0.25) is 0 Å². The van der Waals surface area contributed by atoms with Crippen molar-refractivity contribution in [3.63, 3.8) is 0 Å². The molecular weight excluding hydrogens is 536 g/mol. The Morgan fingerprint density at radius 2 is 1.59 bits per heavy atom. The number of aromatic nitrogens is 1.